The SMILES string of the molecule is CCCCOCCCNC(=O)CCC(=O)NNC(=O)c1cc2cc(Cl)ccc2[nH]1. The first-order valence-corrected chi connectivity index (χ1v) is 10.1. The van der Waals surface area contributed by atoms with Crippen molar-refractivity contribution in [2.45, 2.75) is 39.0 Å². The molecule has 0 fully saturated rings. The molecule has 1 aromatic heterocycles. The van der Waals surface area contributed by atoms with Crippen molar-refractivity contribution in [3.8, 4) is 0 Å². The third-order valence-electron chi connectivity index (χ3n) is 4.15. The molecular formula is C20H27ClN4O4. The highest BCUT2D eigenvalue weighted by Crippen LogP contribution is 2.19. The quantitative estimate of drug-likeness (QED) is 0.329. The van der Waals surface area contributed by atoms with Crippen molar-refractivity contribution in [3.05, 3.63) is 35.0 Å². The molecule has 0 saturated heterocycles. The number of ether oxygens (including phenoxy) is 1. The van der Waals surface area contributed by atoms with E-state index in [-0.39, 0.29) is 18.7 Å². The maximum absolute atomic E-state index is 12.1. The lowest BCUT2D eigenvalue weighted by atomic mass is 10.2. The molecule has 158 valence electrons. The molecule has 8 nitrogen and oxygen atoms in total. The maximum Gasteiger partial charge on any atom is 0.286 e. The van der Waals surface area contributed by atoms with Crippen LogP contribution in [0.4, 0.5) is 0 Å². The van der Waals surface area contributed by atoms with E-state index in [9.17, 15) is 14.4 Å². The van der Waals surface area contributed by atoms with Gasteiger partial charge in [-0.2, -0.15) is 0 Å². The third kappa shape index (κ3) is 8.13. The number of hydrogen-bond acceptors (Lipinski definition) is 4. The van der Waals surface area contributed by atoms with Gasteiger partial charge < -0.3 is 15.0 Å². The average molecular weight is 423 g/mol. The molecule has 2 rings (SSSR count). The number of H-pyrrole nitrogens is 1. The van der Waals surface area contributed by atoms with Gasteiger partial charge in [-0.25, -0.2) is 0 Å². The first kappa shape index (κ1) is 22.7. The molecule has 0 saturated carbocycles. The highest BCUT2D eigenvalue weighted by atomic mass is 35.5. The molecule has 0 radical (unpaired) electrons. The number of amides is 3. The molecule has 3 amide bonds. The van der Waals surface area contributed by atoms with Crippen LogP contribution in [0.1, 0.15) is 49.5 Å². The van der Waals surface area contributed by atoms with Crippen molar-refractivity contribution in [1.29, 1.82) is 0 Å². The van der Waals surface area contributed by atoms with Crippen molar-refractivity contribution >= 4 is 40.2 Å². The fourth-order valence-electron chi connectivity index (χ4n) is 2.55. The van der Waals surface area contributed by atoms with E-state index in [1.54, 1.807) is 24.3 Å². The Bertz CT molecular complexity index is 837. The normalized spacial score (nSPS) is 10.7. The Kier molecular flexibility index (Phi) is 9.46. The second-order valence-electron chi connectivity index (χ2n) is 6.59. The molecule has 0 atom stereocenters. The largest absolute Gasteiger partial charge is 0.381 e. The number of carbonyl (C=O) groups is 3. The summed E-state index contributed by atoms with van der Waals surface area (Å²) >= 11 is 5.93. The number of hydrazine groups is 1. The van der Waals surface area contributed by atoms with Gasteiger partial charge in [-0.15, -0.1) is 0 Å². The summed E-state index contributed by atoms with van der Waals surface area (Å²) in [5, 5.41) is 4.10. The number of aromatic nitrogens is 1. The molecule has 29 heavy (non-hydrogen) atoms. The van der Waals surface area contributed by atoms with Crippen LogP contribution in [0.15, 0.2) is 24.3 Å². The number of rotatable bonds is 11. The molecule has 0 bridgehead atoms. The summed E-state index contributed by atoms with van der Waals surface area (Å²) in [5.74, 6) is -1.15. The van der Waals surface area contributed by atoms with Gasteiger partial charge in [0.1, 0.15) is 5.69 Å². The van der Waals surface area contributed by atoms with E-state index in [1.165, 1.54) is 0 Å². The summed E-state index contributed by atoms with van der Waals surface area (Å²) in [6.45, 7) is 3.95. The van der Waals surface area contributed by atoms with Crippen LogP contribution < -0.4 is 16.2 Å². The Morgan fingerprint density at radius 1 is 1.03 bits per heavy atom. The van der Waals surface area contributed by atoms with Gasteiger partial charge in [0.15, 0.2) is 0 Å². The molecule has 9 heteroatoms. The van der Waals surface area contributed by atoms with Crippen molar-refractivity contribution in [3.63, 3.8) is 0 Å². The van der Waals surface area contributed by atoms with E-state index in [0.717, 1.165) is 36.8 Å². The zero-order valence-corrected chi connectivity index (χ0v) is 17.2. The number of nitrogens with one attached hydrogen (secondary N) is 4. The minimum absolute atomic E-state index is 0.0264. The first-order chi connectivity index (χ1) is 14.0. The molecule has 4 N–H and O–H groups in total. The second kappa shape index (κ2) is 12.1. The summed E-state index contributed by atoms with van der Waals surface area (Å²) in [6, 6.07) is 6.86. The minimum Gasteiger partial charge on any atom is -0.381 e. The molecule has 0 spiro atoms. The number of hydrogen-bond donors (Lipinski definition) is 4. The number of benzene rings is 1. The van der Waals surface area contributed by atoms with Gasteiger partial charge in [-0.3, -0.25) is 25.2 Å². The Morgan fingerprint density at radius 2 is 1.79 bits per heavy atom. The minimum atomic E-state index is -0.488. The molecular weight excluding hydrogens is 396 g/mol. The molecule has 1 heterocycles. The molecule has 0 unspecified atom stereocenters. The van der Waals surface area contributed by atoms with Gasteiger partial charge in [0, 0.05) is 48.5 Å². The van der Waals surface area contributed by atoms with Gasteiger partial charge in [0.25, 0.3) is 5.91 Å². The van der Waals surface area contributed by atoms with Gasteiger partial charge in [0.2, 0.25) is 11.8 Å². The second-order valence-corrected chi connectivity index (χ2v) is 7.02. The highest BCUT2D eigenvalue weighted by molar-refractivity contribution is 6.31. The van der Waals surface area contributed by atoms with Gasteiger partial charge in [-0.1, -0.05) is 24.9 Å². The Balaban J connectivity index is 1.61. The lowest BCUT2D eigenvalue weighted by Gasteiger charge is -2.07. The number of halogens is 1. The fraction of sp³-hybridized carbons (Fsp3) is 0.450. The predicted molar refractivity (Wildman–Crippen MR) is 112 cm³/mol. The van der Waals surface area contributed by atoms with Crippen LogP contribution in [0.5, 0.6) is 0 Å². The van der Waals surface area contributed by atoms with E-state index in [0.29, 0.717) is 23.9 Å². The standard InChI is InChI=1S/C20H27ClN4O4/c1-2-3-10-29-11-4-9-22-18(26)7-8-19(27)24-25-20(28)17-13-14-12-15(21)5-6-16(14)23-17/h5-6,12-13,23H,2-4,7-11H2,1H3,(H,22,26)(H,24,27)(H,25,28). The van der Waals surface area contributed by atoms with Crippen LogP contribution >= 0.6 is 11.6 Å². The Labute approximate surface area is 174 Å². The number of unbranched alkanes of at least 4 members (excludes halogenated alkanes) is 1. The van der Waals surface area contributed by atoms with Crippen molar-refractivity contribution in [2.75, 3.05) is 19.8 Å². The van der Waals surface area contributed by atoms with Crippen molar-refractivity contribution < 1.29 is 19.1 Å². The Hall–Kier alpha value is -2.58. The topological polar surface area (TPSA) is 112 Å². The lowest BCUT2D eigenvalue weighted by molar-refractivity contribution is -0.126. The van der Waals surface area contributed by atoms with E-state index in [2.05, 4.69) is 28.1 Å². The summed E-state index contributed by atoms with van der Waals surface area (Å²) < 4.78 is 5.41. The number of fused-ring (bicyclic) bond motifs is 1. The van der Waals surface area contributed by atoms with E-state index < -0.39 is 11.8 Å². The van der Waals surface area contributed by atoms with E-state index >= 15 is 0 Å². The van der Waals surface area contributed by atoms with E-state index in [1.807, 2.05) is 0 Å². The van der Waals surface area contributed by atoms with Crippen LogP contribution in [-0.4, -0.2) is 42.5 Å². The van der Waals surface area contributed by atoms with E-state index in [4.69, 9.17) is 16.3 Å². The molecule has 1 aromatic carbocycles. The van der Waals surface area contributed by atoms with Crippen LogP contribution in [-0.2, 0) is 14.3 Å². The zero-order chi connectivity index (χ0) is 21.1. The maximum atomic E-state index is 12.1. The molecule has 2 aromatic rings. The van der Waals surface area contributed by atoms with Gasteiger partial charge in [0.05, 0.1) is 0 Å². The van der Waals surface area contributed by atoms with Crippen LogP contribution in [0.25, 0.3) is 10.9 Å². The van der Waals surface area contributed by atoms with Crippen molar-refractivity contribution in [1.82, 2.24) is 21.2 Å². The average Bonchev–Trinajstić information content (AvgIpc) is 3.13. The smallest absolute Gasteiger partial charge is 0.286 e. The zero-order valence-electron chi connectivity index (χ0n) is 16.5. The van der Waals surface area contributed by atoms with Crippen LogP contribution in [0, 0.1) is 0 Å². The summed E-state index contributed by atoms with van der Waals surface area (Å²) in [5.41, 5.74) is 5.68. The van der Waals surface area contributed by atoms with Gasteiger partial charge >= 0.3 is 0 Å². The molecule has 0 aliphatic rings. The number of aromatic amines is 1. The Morgan fingerprint density at radius 3 is 2.59 bits per heavy atom. The summed E-state index contributed by atoms with van der Waals surface area (Å²) in [7, 11) is 0. The molecule has 0 aliphatic carbocycles. The summed E-state index contributed by atoms with van der Waals surface area (Å²) in [6.07, 6.45) is 2.88. The fourth-order valence-corrected chi connectivity index (χ4v) is 2.73. The summed E-state index contributed by atoms with van der Waals surface area (Å²) in [4.78, 5) is 38.6. The van der Waals surface area contributed by atoms with Gasteiger partial charge in [-0.05, 0) is 37.1 Å². The predicted octanol–water partition coefficient (Wildman–Crippen LogP) is 2.69. The first-order valence-electron chi connectivity index (χ1n) is 9.71. The molecule has 0 aliphatic heterocycles. The monoisotopic (exact) mass is 422 g/mol. The lowest BCUT2D eigenvalue weighted by Crippen LogP contribution is -2.42. The highest BCUT2D eigenvalue weighted by Gasteiger charge is 2.12. The third-order valence-corrected chi connectivity index (χ3v) is 4.39. The number of carbonyl (C=O) groups excluding carboxylic acids is 3. The van der Waals surface area contributed by atoms with Crippen molar-refractivity contribution in [2.24, 2.45) is 0 Å². The van der Waals surface area contributed by atoms with Crippen LogP contribution in [0.3, 0.4) is 0 Å². The van der Waals surface area contributed by atoms with Crippen LogP contribution in [0.2, 0.25) is 5.02 Å².